The number of carbonyl (C=O) groups excluding carboxylic acids is 1. The molecule has 1 fully saturated rings. The van der Waals surface area contributed by atoms with Crippen LogP contribution in [0.4, 0.5) is 10.1 Å². The molecule has 1 aliphatic rings. The molecular formula is C19H20Cl2FN3O. The van der Waals surface area contributed by atoms with Gasteiger partial charge in [0.25, 0.3) is 0 Å². The summed E-state index contributed by atoms with van der Waals surface area (Å²) in [6.07, 6.45) is 0. The zero-order chi connectivity index (χ0) is 18.5. The Labute approximate surface area is 162 Å². The maximum atomic E-state index is 12.9. The van der Waals surface area contributed by atoms with Gasteiger partial charge in [-0.1, -0.05) is 29.3 Å². The Kier molecular flexibility index (Phi) is 6.48. The third kappa shape index (κ3) is 5.17. The van der Waals surface area contributed by atoms with Gasteiger partial charge in [-0.3, -0.25) is 14.6 Å². The van der Waals surface area contributed by atoms with Gasteiger partial charge >= 0.3 is 0 Å². The molecule has 0 bridgehead atoms. The Bertz CT molecular complexity index is 742. The lowest BCUT2D eigenvalue weighted by Crippen LogP contribution is -2.48. The molecule has 1 amide bonds. The van der Waals surface area contributed by atoms with Gasteiger partial charge in [0.2, 0.25) is 5.91 Å². The number of hydrogen-bond acceptors (Lipinski definition) is 3. The summed E-state index contributed by atoms with van der Waals surface area (Å²) in [6.45, 7) is 4.28. The van der Waals surface area contributed by atoms with E-state index < -0.39 is 0 Å². The fourth-order valence-electron chi connectivity index (χ4n) is 2.95. The van der Waals surface area contributed by atoms with Gasteiger partial charge in [0, 0.05) is 54.0 Å². The number of piperazine rings is 1. The van der Waals surface area contributed by atoms with Gasteiger partial charge in [0.1, 0.15) is 5.82 Å². The predicted molar refractivity (Wildman–Crippen MR) is 103 cm³/mol. The number of amides is 1. The van der Waals surface area contributed by atoms with Crippen LogP contribution in [0.2, 0.25) is 10.0 Å². The molecule has 1 aliphatic heterocycles. The number of nitrogens with one attached hydrogen (secondary N) is 1. The average Bonchev–Trinajstić information content (AvgIpc) is 2.62. The molecule has 0 aliphatic carbocycles. The molecule has 2 aromatic carbocycles. The second kappa shape index (κ2) is 8.82. The van der Waals surface area contributed by atoms with Crippen LogP contribution >= 0.6 is 23.2 Å². The van der Waals surface area contributed by atoms with E-state index in [0.717, 1.165) is 31.7 Å². The van der Waals surface area contributed by atoms with E-state index in [0.29, 0.717) is 28.8 Å². The molecule has 1 heterocycles. The smallest absolute Gasteiger partial charge is 0.238 e. The highest BCUT2D eigenvalue weighted by molar-refractivity contribution is 6.35. The fraction of sp³-hybridized carbons (Fsp3) is 0.316. The topological polar surface area (TPSA) is 35.6 Å². The Balaban J connectivity index is 1.46. The van der Waals surface area contributed by atoms with E-state index in [-0.39, 0.29) is 11.7 Å². The van der Waals surface area contributed by atoms with Crippen LogP contribution in [0.3, 0.4) is 0 Å². The number of carbonyl (C=O) groups is 1. The lowest BCUT2D eigenvalue weighted by atomic mass is 10.2. The van der Waals surface area contributed by atoms with Crippen molar-refractivity contribution in [2.75, 3.05) is 38.0 Å². The van der Waals surface area contributed by atoms with Crippen molar-refractivity contribution in [3.63, 3.8) is 0 Å². The van der Waals surface area contributed by atoms with E-state index in [4.69, 9.17) is 23.2 Å². The lowest BCUT2D eigenvalue weighted by molar-refractivity contribution is -0.117. The average molecular weight is 396 g/mol. The summed E-state index contributed by atoms with van der Waals surface area (Å²) >= 11 is 12.5. The van der Waals surface area contributed by atoms with E-state index in [1.165, 1.54) is 12.1 Å². The van der Waals surface area contributed by atoms with Gasteiger partial charge in [-0.05, 0) is 36.4 Å². The molecule has 0 spiro atoms. The highest BCUT2D eigenvalue weighted by Crippen LogP contribution is 2.26. The van der Waals surface area contributed by atoms with Crippen molar-refractivity contribution < 1.29 is 9.18 Å². The first-order valence-corrected chi connectivity index (χ1v) is 9.20. The maximum absolute atomic E-state index is 12.9. The largest absolute Gasteiger partial charge is 0.325 e. The number of nitrogens with zero attached hydrogens (tertiary/aromatic N) is 2. The first kappa shape index (κ1) is 19.1. The zero-order valence-electron chi connectivity index (χ0n) is 14.2. The minimum Gasteiger partial charge on any atom is -0.325 e. The second-order valence-electron chi connectivity index (χ2n) is 6.31. The van der Waals surface area contributed by atoms with Gasteiger partial charge in [-0.25, -0.2) is 4.39 Å². The molecule has 0 saturated carbocycles. The molecular weight excluding hydrogens is 376 g/mol. The highest BCUT2D eigenvalue weighted by Gasteiger charge is 2.20. The summed E-state index contributed by atoms with van der Waals surface area (Å²) in [7, 11) is 0. The predicted octanol–water partition coefficient (Wildman–Crippen LogP) is 3.89. The molecule has 4 nitrogen and oxygen atoms in total. The molecule has 1 saturated heterocycles. The summed E-state index contributed by atoms with van der Waals surface area (Å²) < 4.78 is 12.9. The number of hydrogen-bond donors (Lipinski definition) is 1. The third-order valence-corrected chi connectivity index (χ3v) is 5.11. The molecule has 7 heteroatoms. The minimum absolute atomic E-state index is 0.0980. The Morgan fingerprint density at radius 2 is 1.54 bits per heavy atom. The molecule has 0 aromatic heterocycles. The molecule has 0 radical (unpaired) electrons. The van der Waals surface area contributed by atoms with Crippen LogP contribution < -0.4 is 5.32 Å². The van der Waals surface area contributed by atoms with Crippen LogP contribution in [0.5, 0.6) is 0 Å². The lowest BCUT2D eigenvalue weighted by Gasteiger charge is -2.34. The van der Waals surface area contributed by atoms with E-state index >= 15 is 0 Å². The van der Waals surface area contributed by atoms with Crippen LogP contribution in [0.25, 0.3) is 0 Å². The van der Waals surface area contributed by atoms with Crippen molar-refractivity contribution in [1.29, 1.82) is 0 Å². The first-order valence-electron chi connectivity index (χ1n) is 8.44. The van der Waals surface area contributed by atoms with Crippen molar-refractivity contribution in [3.05, 3.63) is 63.9 Å². The van der Waals surface area contributed by atoms with Crippen molar-refractivity contribution in [2.24, 2.45) is 0 Å². The van der Waals surface area contributed by atoms with Crippen LogP contribution in [0.1, 0.15) is 5.56 Å². The van der Waals surface area contributed by atoms with Crippen LogP contribution in [0, 0.1) is 5.82 Å². The van der Waals surface area contributed by atoms with Crippen LogP contribution in [-0.2, 0) is 11.3 Å². The molecule has 138 valence electrons. The monoisotopic (exact) mass is 395 g/mol. The second-order valence-corrected chi connectivity index (χ2v) is 7.12. The van der Waals surface area contributed by atoms with Crippen molar-refractivity contribution in [1.82, 2.24) is 9.80 Å². The zero-order valence-corrected chi connectivity index (χ0v) is 15.7. The SMILES string of the molecule is O=C(CN1CCN(Cc2c(Cl)cccc2Cl)CC1)Nc1ccc(F)cc1. The minimum atomic E-state index is -0.322. The van der Waals surface area contributed by atoms with Crippen molar-refractivity contribution in [2.45, 2.75) is 6.54 Å². The third-order valence-electron chi connectivity index (χ3n) is 4.40. The number of benzene rings is 2. The summed E-state index contributed by atoms with van der Waals surface area (Å²) in [5.41, 5.74) is 1.54. The molecule has 0 unspecified atom stereocenters. The summed E-state index contributed by atoms with van der Waals surface area (Å²) in [5, 5.41) is 4.15. The molecule has 0 atom stereocenters. The quantitative estimate of drug-likeness (QED) is 0.833. The number of rotatable bonds is 5. The van der Waals surface area contributed by atoms with E-state index in [1.54, 1.807) is 12.1 Å². The normalized spacial score (nSPS) is 15.8. The van der Waals surface area contributed by atoms with Crippen molar-refractivity contribution in [3.8, 4) is 0 Å². The van der Waals surface area contributed by atoms with Gasteiger partial charge in [0.05, 0.1) is 6.54 Å². The molecule has 26 heavy (non-hydrogen) atoms. The standard InChI is InChI=1S/C19H20Cl2FN3O/c20-17-2-1-3-18(21)16(17)12-24-8-10-25(11-9-24)13-19(26)23-15-6-4-14(22)5-7-15/h1-7H,8-13H2,(H,23,26). The van der Waals surface area contributed by atoms with Gasteiger partial charge in [-0.2, -0.15) is 0 Å². The summed E-state index contributed by atoms with van der Waals surface area (Å²) in [5.74, 6) is -0.419. The van der Waals surface area contributed by atoms with Crippen molar-refractivity contribution >= 4 is 34.8 Å². The Morgan fingerprint density at radius 1 is 0.962 bits per heavy atom. The summed E-state index contributed by atoms with van der Waals surface area (Å²) in [6, 6.07) is 11.3. The fourth-order valence-corrected chi connectivity index (χ4v) is 3.47. The number of halogens is 3. The highest BCUT2D eigenvalue weighted by atomic mass is 35.5. The van der Waals surface area contributed by atoms with Gasteiger partial charge in [-0.15, -0.1) is 0 Å². The number of anilines is 1. The molecule has 1 N–H and O–H groups in total. The Hall–Kier alpha value is -1.66. The van der Waals surface area contributed by atoms with Gasteiger partial charge < -0.3 is 5.32 Å². The Morgan fingerprint density at radius 3 is 2.15 bits per heavy atom. The van der Waals surface area contributed by atoms with Crippen LogP contribution in [-0.4, -0.2) is 48.4 Å². The molecule has 2 aromatic rings. The van der Waals surface area contributed by atoms with E-state index in [2.05, 4.69) is 15.1 Å². The van der Waals surface area contributed by atoms with E-state index in [9.17, 15) is 9.18 Å². The maximum Gasteiger partial charge on any atom is 0.238 e. The summed E-state index contributed by atoms with van der Waals surface area (Å²) in [4.78, 5) is 16.5. The first-order chi connectivity index (χ1) is 12.5. The van der Waals surface area contributed by atoms with Crippen LogP contribution in [0.15, 0.2) is 42.5 Å². The molecule has 3 rings (SSSR count). The van der Waals surface area contributed by atoms with Gasteiger partial charge in [0.15, 0.2) is 0 Å². The van der Waals surface area contributed by atoms with E-state index in [1.807, 2.05) is 18.2 Å².